The van der Waals surface area contributed by atoms with Gasteiger partial charge in [0.25, 0.3) is 12.9 Å². The Hall–Kier alpha value is -1.83. The van der Waals surface area contributed by atoms with Gasteiger partial charge in [-0.2, -0.15) is 0 Å². The molecule has 0 aliphatic carbocycles. The number of carbonyl (C=O) groups excluding carboxylic acids is 1. The maximum Gasteiger partial charge on any atom is 0.412 e. The van der Waals surface area contributed by atoms with E-state index in [0.717, 1.165) is 36.4 Å². The van der Waals surface area contributed by atoms with Crippen molar-refractivity contribution in [2.45, 2.75) is 63.1 Å². The Morgan fingerprint density at radius 3 is 1.50 bits per heavy atom. The van der Waals surface area contributed by atoms with E-state index in [1.165, 1.54) is 20.8 Å². The molecule has 5 nitrogen and oxygen atoms in total. The molecule has 2 rings (SSSR count). The second-order valence-corrected chi connectivity index (χ2v) is 11.3. The maximum atomic E-state index is 15.4. The molecule has 13 heteroatoms. The van der Waals surface area contributed by atoms with Crippen molar-refractivity contribution in [1.29, 1.82) is 0 Å². The lowest BCUT2D eigenvalue weighted by atomic mass is 9.76. The molecule has 0 heterocycles. The third-order valence-electron chi connectivity index (χ3n) is 5.87. The number of ether oxygens (including phenoxy) is 1. The molecule has 212 valence electrons. The third-order valence-corrected chi connectivity index (χ3v) is 6.86. The van der Waals surface area contributed by atoms with Crippen LogP contribution in [0, 0.1) is 11.6 Å². The van der Waals surface area contributed by atoms with Crippen LogP contribution in [0.2, 0.25) is 0 Å². The van der Waals surface area contributed by atoms with Crippen LogP contribution in [0.1, 0.15) is 44.7 Å². The number of carbonyl (C=O) groups is 1. The first-order valence-electron chi connectivity index (χ1n) is 11.3. The van der Waals surface area contributed by atoms with Crippen molar-refractivity contribution in [3.8, 4) is 0 Å². The quantitative estimate of drug-likeness (QED) is 0.263. The van der Waals surface area contributed by atoms with E-state index in [0.29, 0.717) is 0 Å². The number of rotatable bonds is 10. The van der Waals surface area contributed by atoms with Gasteiger partial charge >= 0.3 is 6.09 Å². The molecule has 0 bridgehead atoms. The van der Waals surface area contributed by atoms with E-state index in [2.05, 4.69) is 31.9 Å². The first kappa shape index (κ1) is 32.4. The molecule has 0 saturated heterocycles. The van der Waals surface area contributed by atoms with E-state index >= 15 is 26.3 Å². The van der Waals surface area contributed by atoms with Crippen molar-refractivity contribution in [2.75, 3.05) is 13.2 Å². The van der Waals surface area contributed by atoms with Gasteiger partial charge in [0.2, 0.25) is 0 Å². The first-order valence-corrected chi connectivity index (χ1v) is 12.9. The number of alkyl halides is 4. The summed E-state index contributed by atoms with van der Waals surface area (Å²) in [6.45, 7) is 1.79. The Morgan fingerprint density at radius 2 is 1.21 bits per heavy atom. The minimum Gasteiger partial charge on any atom is -0.444 e. The van der Waals surface area contributed by atoms with Crippen molar-refractivity contribution in [2.24, 2.45) is 0 Å². The number of nitrogens with zero attached hydrogens (tertiary/aromatic N) is 1. The Bertz CT molecular complexity index is 1060. The van der Waals surface area contributed by atoms with Crippen molar-refractivity contribution >= 4 is 38.0 Å². The van der Waals surface area contributed by atoms with Crippen LogP contribution in [0.3, 0.4) is 0 Å². The summed E-state index contributed by atoms with van der Waals surface area (Å²) in [6, 6.07) is 5.59. The molecule has 0 spiro atoms. The lowest BCUT2D eigenvalue weighted by Crippen LogP contribution is -2.67. The summed E-state index contributed by atoms with van der Waals surface area (Å²) in [5.41, 5.74) is -9.92. The Morgan fingerprint density at radius 1 is 0.842 bits per heavy atom. The molecule has 1 amide bonds. The van der Waals surface area contributed by atoms with Crippen LogP contribution >= 0.6 is 31.9 Å². The lowest BCUT2D eigenvalue weighted by Gasteiger charge is -2.53. The SMILES string of the molecule is CC(C)(C)OC(=O)N(C(CCO)(c1cc(Br)ccc1F)C(F)F)C(CCO)(c1cc(Br)ccc1F)C(F)F. The normalized spacial score (nSPS) is 15.3. The van der Waals surface area contributed by atoms with Gasteiger partial charge < -0.3 is 14.9 Å². The van der Waals surface area contributed by atoms with Gasteiger partial charge in [-0.25, -0.2) is 31.1 Å². The van der Waals surface area contributed by atoms with Gasteiger partial charge in [-0.3, -0.25) is 4.90 Å². The molecule has 0 radical (unpaired) electrons. The number of aliphatic hydroxyl groups excluding tert-OH is 2. The van der Waals surface area contributed by atoms with E-state index in [1.807, 2.05) is 0 Å². The molecule has 0 aliphatic rings. The van der Waals surface area contributed by atoms with Crippen LogP contribution in [-0.4, -0.2) is 52.9 Å². The average Bonchev–Trinajstić information content (AvgIpc) is 2.79. The van der Waals surface area contributed by atoms with Gasteiger partial charge in [0.15, 0.2) is 0 Å². The van der Waals surface area contributed by atoms with Gasteiger partial charge in [-0.05, 0) is 57.2 Å². The summed E-state index contributed by atoms with van der Waals surface area (Å²) in [5, 5.41) is 19.7. The zero-order valence-corrected chi connectivity index (χ0v) is 23.8. The molecule has 2 unspecified atom stereocenters. The number of hydrogen-bond acceptors (Lipinski definition) is 4. The van der Waals surface area contributed by atoms with Crippen LogP contribution in [0.5, 0.6) is 0 Å². The highest BCUT2D eigenvalue weighted by molar-refractivity contribution is 9.10. The molecule has 2 aromatic carbocycles. The topological polar surface area (TPSA) is 70.0 Å². The summed E-state index contributed by atoms with van der Waals surface area (Å²) in [7, 11) is 0. The van der Waals surface area contributed by atoms with E-state index < -0.39 is 84.4 Å². The number of benzene rings is 2. The first-order chi connectivity index (χ1) is 17.6. The van der Waals surface area contributed by atoms with Gasteiger partial charge in [0.05, 0.1) is 0 Å². The zero-order valence-electron chi connectivity index (χ0n) is 20.6. The largest absolute Gasteiger partial charge is 0.444 e. The number of halogens is 8. The number of amides is 1. The molecule has 2 atom stereocenters. The van der Waals surface area contributed by atoms with Crippen LogP contribution < -0.4 is 0 Å². The van der Waals surface area contributed by atoms with Crippen LogP contribution in [0.4, 0.5) is 31.1 Å². The molecule has 0 saturated carbocycles. The molecule has 0 fully saturated rings. The van der Waals surface area contributed by atoms with Crippen LogP contribution in [0.15, 0.2) is 45.3 Å². The van der Waals surface area contributed by atoms with Crippen molar-refractivity contribution in [1.82, 2.24) is 4.90 Å². The summed E-state index contributed by atoms with van der Waals surface area (Å²) in [5.74, 6) is -2.62. The van der Waals surface area contributed by atoms with E-state index in [1.54, 1.807) is 0 Å². The number of hydrogen-bond donors (Lipinski definition) is 2. The molecule has 2 aromatic rings. The zero-order chi connectivity index (χ0) is 29.1. The fraction of sp³-hybridized carbons (Fsp3) is 0.480. The minimum atomic E-state index is -3.81. The molecule has 38 heavy (non-hydrogen) atoms. The molecule has 0 aliphatic heterocycles. The maximum absolute atomic E-state index is 15.4. The molecular formula is C25H27Br2F6NO4. The minimum absolute atomic E-state index is 0.0550. The standard InChI is InChI=1S/C25H27Br2F6NO4/c1-23(2,3)38-22(37)34(24(8-10-35,20(30)31)16-12-14(26)4-6-18(16)28)25(9-11-36,21(32)33)17-13-15(27)5-7-19(17)29/h4-7,12-13,20-21,35-36H,8-11H2,1-3H3. The van der Waals surface area contributed by atoms with Crippen LogP contribution in [0.25, 0.3) is 0 Å². The van der Waals surface area contributed by atoms with E-state index in [9.17, 15) is 15.0 Å². The second kappa shape index (κ2) is 12.6. The second-order valence-electron chi connectivity index (χ2n) is 9.46. The fourth-order valence-electron chi connectivity index (χ4n) is 4.37. The van der Waals surface area contributed by atoms with Crippen molar-refractivity contribution in [3.63, 3.8) is 0 Å². The number of aliphatic hydroxyl groups is 2. The van der Waals surface area contributed by atoms with Gasteiger partial charge in [0.1, 0.15) is 28.3 Å². The van der Waals surface area contributed by atoms with Gasteiger partial charge in [-0.1, -0.05) is 31.9 Å². The monoisotopic (exact) mass is 677 g/mol. The Balaban J connectivity index is 3.22. The predicted octanol–water partition coefficient (Wildman–Crippen LogP) is 7.11. The lowest BCUT2D eigenvalue weighted by molar-refractivity contribution is -0.165. The summed E-state index contributed by atoms with van der Waals surface area (Å²) < 4.78 is 97.4. The summed E-state index contributed by atoms with van der Waals surface area (Å²) in [4.78, 5) is 13.7. The van der Waals surface area contributed by atoms with Crippen molar-refractivity contribution in [3.05, 3.63) is 68.1 Å². The van der Waals surface area contributed by atoms with E-state index in [4.69, 9.17) is 4.74 Å². The fourth-order valence-corrected chi connectivity index (χ4v) is 5.09. The highest BCUT2D eigenvalue weighted by Gasteiger charge is 2.63. The average molecular weight is 679 g/mol. The van der Waals surface area contributed by atoms with E-state index in [-0.39, 0.29) is 13.8 Å². The smallest absolute Gasteiger partial charge is 0.412 e. The molecule has 0 aromatic heterocycles. The Labute approximate surface area is 233 Å². The highest BCUT2D eigenvalue weighted by atomic mass is 79.9. The molecular weight excluding hydrogens is 652 g/mol. The van der Waals surface area contributed by atoms with Gasteiger partial charge in [-0.15, -0.1) is 0 Å². The van der Waals surface area contributed by atoms with Gasteiger partial charge in [0, 0.05) is 46.1 Å². The summed E-state index contributed by atoms with van der Waals surface area (Å²) >= 11 is 6.07. The van der Waals surface area contributed by atoms with Crippen LogP contribution in [-0.2, 0) is 15.8 Å². The molecule has 2 N–H and O–H groups in total. The summed E-state index contributed by atoms with van der Waals surface area (Å²) in [6.07, 6.45) is -11.7. The highest BCUT2D eigenvalue weighted by Crippen LogP contribution is 2.52. The van der Waals surface area contributed by atoms with Crippen molar-refractivity contribution < 1.29 is 46.1 Å². The third kappa shape index (κ3) is 6.31. The predicted molar refractivity (Wildman–Crippen MR) is 135 cm³/mol. The Kier molecular flexibility index (Phi) is 10.7.